The molecular formula is C34H35FNO4P. The minimum absolute atomic E-state index is 0.0731. The molecule has 0 aliphatic carbocycles. The Balaban J connectivity index is 1.41. The summed E-state index contributed by atoms with van der Waals surface area (Å²) in [5.74, 6) is -0.0345. The molecule has 7 heteroatoms. The van der Waals surface area contributed by atoms with Gasteiger partial charge < -0.3 is 13.9 Å². The van der Waals surface area contributed by atoms with Gasteiger partial charge in [-0.15, -0.1) is 0 Å². The number of para-hydroxylation sites is 1. The molecular weight excluding hydrogens is 536 g/mol. The topological polar surface area (TPSA) is 55.8 Å². The first-order valence-corrected chi connectivity index (χ1v) is 15.4. The first kappa shape index (κ1) is 28.9. The van der Waals surface area contributed by atoms with E-state index in [1.807, 2.05) is 59.5 Å². The summed E-state index contributed by atoms with van der Waals surface area (Å²) in [6, 6.07) is 30.1. The lowest BCUT2D eigenvalue weighted by atomic mass is 9.76. The number of nitrogens with zero attached hydrogens (tertiary/aromatic N) is 1. The molecule has 0 spiro atoms. The number of halogens is 1. The van der Waals surface area contributed by atoms with E-state index in [9.17, 15) is 13.8 Å². The largest absolute Gasteiger partial charge is 0.360 e. The lowest BCUT2D eigenvalue weighted by molar-refractivity contribution is -0.130. The van der Waals surface area contributed by atoms with Gasteiger partial charge in [0.25, 0.3) is 0 Å². The molecule has 1 aliphatic heterocycles. The van der Waals surface area contributed by atoms with E-state index in [1.165, 1.54) is 26.4 Å². The van der Waals surface area contributed by atoms with Gasteiger partial charge in [-0.1, -0.05) is 67.6 Å². The summed E-state index contributed by atoms with van der Waals surface area (Å²) in [6.45, 7) is 4.21. The number of benzene rings is 4. The van der Waals surface area contributed by atoms with Crippen molar-refractivity contribution in [1.82, 2.24) is 0 Å². The van der Waals surface area contributed by atoms with Crippen LogP contribution in [0.1, 0.15) is 48.4 Å². The molecule has 0 unspecified atom stereocenters. The molecule has 4 aromatic carbocycles. The van der Waals surface area contributed by atoms with Crippen molar-refractivity contribution in [2.45, 2.75) is 38.6 Å². The molecule has 212 valence electrons. The van der Waals surface area contributed by atoms with E-state index < -0.39 is 7.60 Å². The maximum atomic E-state index is 13.5. The number of anilines is 1. The lowest BCUT2D eigenvalue weighted by Gasteiger charge is -2.48. The van der Waals surface area contributed by atoms with Gasteiger partial charge in [0.1, 0.15) is 5.82 Å². The second-order valence-corrected chi connectivity index (χ2v) is 12.8. The van der Waals surface area contributed by atoms with Crippen LogP contribution in [0.3, 0.4) is 0 Å². The highest BCUT2D eigenvalue weighted by atomic mass is 31.2. The van der Waals surface area contributed by atoms with Crippen LogP contribution in [0.2, 0.25) is 0 Å². The van der Waals surface area contributed by atoms with Crippen molar-refractivity contribution in [3.63, 3.8) is 0 Å². The van der Waals surface area contributed by atoms with Crippen LogP contribution in [0.4, 0.5) is 10.1 Å². The molecule has 1 saturated heterocycles. The quantitative estimate of drug-likeness (QED) is 0.142. The highest BCUT2D eigenvalue weighted by Gasteiger charge is 2.48. The SMILES string of the molecule is COP(=O)(OC)c1ccc(-c2ccc([C@@H]3[C@@H](CC[C@H](C)c4ccc(F)cc4)C(=O)N3c3ccccc3)c(C)c2)cc1. The molecule has 3 atom stereocenters. The number of carbonyl (C=O) groups is 1. The molecule has 0 radical (unpaired) electrons. The lowest BCUT2D eigenvalue weighted by Crippen LogP contribution is -2.55. The maximum Gasteiger partial charge on any atom is 0.360 e. The smallest absolute Gasteiger partial charge is 0.309 e. The van der Waals surface area contributed by atoms with Crippen molar-refractivity contribution in [2.75, 3.05) is 19.1 Å². The Hall–Kier alpha value is -3.57. The fourth-order valence-electron chi connectivity index (χ4n) is 5.76. The molecule has 0 bridgehead atoms. The summed E-state index contributed by atoms with van der Waals surface area (Å²) in [5, 5.41) is 0.504. The number of carbonyl (C=O) groups excluding carboxylic acids is 1. The van der Waals surface area contributed by atoms with E-state index >= 15 is 0 Å². The van der Waals surface area contributed by atoms with E-state index in [2.05, 4.69) is 32.0 Å². The highest BCUT2D eigenvalue weighted by Crippen LogP contribution is 2.48. The summed E-state index contributed by atoms with van der Waals surface area (Å²) < 4.78 is 36.4. The Labute approximate surface area is 241 Å². The normalized spacial score (nSPS) is 17.8. The van der Waals surface area contributed by atoms with Gasteiger partial charge in [0, 0.05) is 19.9 Å². The molecule has 4 aromatic rings. The molecule has 1 fully saturated rings. The van der Waals surface area contributed by atoms with Crippen LogP contribution in [0.15, 0.2) is 97.1 Å². The minimum Gasteiger partial charge on any atom is -0.309 e. The monoisotopic (exact) mass is 571 g/mol. The molecule has 0 N–H and O–H groups in total. The van der Waals surface area contributed by atoms with Gasteiger partial charge in [-0.3, -0.25) is 9.36 Å². The number of aryl methyl sites for hydroxylation is 1. The summed E-state index contributed by atoms with van der Waals surface area (Å²) >= 11 is 0. The Morgan fingerprint density at radius 1 is 0.878 bits per heavy atom. The van der Waals surface area contributed by atoms with E-state index in [-0.39, 0.29) is 29.6 Å². The molecule has 1 amide bonds. The third-order valence-corrected chi connectivity index (χ3v) is 10.1. The van der Waals surface area contributed by atoms with Crippen LogP contribution in [-0.4, -0.2) is 20.1 Å². The summed E-state index contributed by atoms with van der Waals surface area (Å²) in [5.41, 5.74) is 6.20. The van der Waals surface area contributed by atoms with Crippen LogP contribution in [0, 0.1) is 18.7 Å². The van der Waals surface area contributed by atoms with E-state index in [0.29, 0.717) is 5.30 Å². The van der Waals surface area contributed by atoms with Crippen LogP contribution in [-0.2, 0) is 18.4 Å². The third kappa shape index (κ3) is 5.78. The zero-order valence-corrected chi connectivity index (χ0v) is 24.7. The molecule has 41 heavy (non-hydrogen) atoms. The number of hydrogen-bond acceptors (Lipinski definition) is 4. The van der Waals surface area contributed by atoms with Gasteiger partial charge in [-0.05, 0) is 89.9 Å². The molecule has 0 aromatic heterocycles. The van der Waals surface area contributed by atoms with Crippen LogP contribution in [0.25, 0.3) is 11.1 Å². The molecule has 0 saturated carbocycles. The Bertz CT molecular complexity index is 1550. The van der Waals surface area contributed by atoms with E-state index in [0.717, 1.165) is 46.3 Å². The van der Waals surface area contributed by atoms with Gasteiger partial charge in [0.05, 0.1) is 17.3 Å². The summed E-state index contributed by atoms with van der Waals surface area (Å²) in [7, 11) is -0.559. The van der Waals surface area contributed by atoms with E-state index in [1.54, 1.807) is 12.1 Å². The van der Waals surface area contributed by atoms with Crippen molar-refractivity contribution >= 4 is 24.5 Å². The zero-order chi connectivity index (χ0) is 29.1. The number of rotatable bonds is 10. The Kier molecular flexibility index (Phi) is 8.55. The van der Waals surface area contributed by atoms with Crippen molar-refractivity contribution in [3.8, 4) is 11.1 Å². The molecule has 1 aliphatic rings. The standard InChI is InChI=1S/C34H35FNO4P/c1-23(25-11-16-28(35)17-12-25)10-20-32-33(36(34(32)37)29-8-6-5-7-9-29)31-21-15-27(22-24(31)2)26-13-18-30(19-14-26)41(38,39-3)40-4/h5-9,11-19,21-23,32-33H,10,20H2,1-4H3/t23-,32+,33+/m0/s1. The highest BCUT2D eigenvalue weighted by molar-refractivity contribution is 7.62. The average molecular weight is 572 g/mol. The predicted molar refractivity (Wildman–Crippen MR) is 162 cm³/mol. The zero-order valence-electron chi connectivity index (χ0n) is 23.8. The Morgan fingerprint density at radius 3 is 2.12 bits per heavy atom. The maximum absolute atomic E-state index is 13.5. The first-order chi connectivity index (χ1) is 19.8. The third-order valence-electron chi connectivity index (χ3n) is 8.18. The van der Waals surface area contributed by atoms with E-state index in [4.69, 9.17) is 9.05 Å². The van der Waals surface area contributed by atoms with Crippen molar-refractivity contribution in [3.05, 3.63) is 120 Å². The fourth-order valence-corrected chi connectivity index (χ4v) is 6.84. The summed E-state index contributed by atoms with van der Waals surface area (Å²) in [4.78, 5) is 15.4. The number of amides is 1. The van der Waals surface area contributed by atoms with Gasteiger partial charge in [0.15, 0.2) is 0 Å². The van der Waals surface area contributed by atoms with Gasteiger partial charge >= 0.3 is 7.60 Å². The van der Waals surface area contributed by atoms with Crippen molar-refractivity contribution < 1.29 is 22.8 Å². The van der Waals surface area contributed by atoms with Crippen LogP contribution < -0.4 is 10.2 Å². The van der Waals surface area contributed by atoms with Crippen LogP contribution >= 0.6 is 7.60 Å². The van der Waals surface area contributed by atoms with Crippen molar-refractivity contribution in [2.24, 2.45) is 5.92 Å². The van der Waals surface area contributed by atoms with Gasteiger partial charge in [-0.25, -0.2) is 4.39 Å². The predicted octanol–water partition coefficient (Wildman–Crippen LogP) is 8.20. The number of hydrogen-bond donors (Lipinski definition) is 0. The molecule has 5 nitrogen and oxygen atoms in total. The second-order valence-electron chi connectivity index (χ2n) is 10.6. The second kappa shape index (κ2) is 12.1. The van der Waals surface area contributed by atoms with Crippen LogP contribution in [0.5, 0.6) is 0 Å². The Morgan fingerprint density at radius 2 is 1.51 bits per heavy atom. The number of β-lactam (4-membered cyclic amide) rings is 1. The molecule has 5 rings (SSSR count). The van der Waals surface area contributed by atoms with Gasteiger partial charge in [-0.2, -0.15) is 0 Å². The molecule has 1 heterocycles. The minimum atomic E-state index is -3.31. The average Bonchev–Trinajstić information content (AvgIpc) is 3.00. The summed E-state index contributed by atoms with van der Waals surface area (Å²) in [6.07, 6.45) is 1.57. The van der Waals surface area contributed by atoms with Crippen molar-refractivity contribution in [1.29, 1.82) is 0 Å². The first-order valence-electron chi connectivity index (χ1n) is 13.8. The fraction of sp³-hybridized carbons (Fsp3) is 0.265. The van der Waals surface area contributed by atoms with Gasteiger partial charge in [0.2, 0.25) is 5.91 Å².